The summed E-state index contributed by atoms with van der Waals surface area (Å²) >= 11 is 6.29. The van der Waals surface area contributed by atoms with Gasteiger partial charge in [-0.25, -0.2) is 9.78 Å². The van der Waals surface area contributed by atoms with Gasteiger partial charge in [-0.1, -0.05) is 17.7 Å². The minimum Gasteiger partial charge on any atom is -0.465 e. The highest BCUT2D eigenvalue weighted by Gasteiger charge is 2.25. The van der Waals surface area contributed by atoms with E-state index in [1.54, 1.807) is 6.20 Å². The Kier molecular flexibility index (Phi) is 4.77. The number of fused-ring (bicyclic) bond motifs is 1. The van der Waals surface area contributed by atoms with E-state index in [1.807, 2.05) is 38.1 Å². The number of hydrogen-bond donors (Lipinski definition) is 0. The van der Waals surface area contributed by atoms with Gasteiger partial charge in [0.05, 0.1) is 24.2 Å². The lowest BCUT2D eigenvalue weighted by Crippen LogP contribution is -2.34. The van der Waals surface area contributed by atoms with Crippen LogP contribution in [0.1, 0.15) is 27.3 Å². The van der Waals surface area contributed by atoms with Crippen molar-refractivity contribution in [2.75, 3.05) is 18.6 Å². The second-order valence-electron chi connectivity index (χ2n) is 6.80. The number of esters is 1. The number of carbonyl (C=O) groups excluding carboxylic acids is 1. The Hall–Kier alpha value is -2.93. The average molecular weight is 398 g/mol. The fraction of sp³-hybridized carbons (Fsp3) is 0.300. The zero-order chi connectivity index (χ0) is 19.8. The highest BCUT2D eigenvalue weighted by atomic mass is 35.5. The number of halogens is 1. The first-order chi connectivity index (χ1) is 13.5. The summed E-state index contributed by atoms with van der Waals surface area (Å²) in [6, 6.07) is 7.47. The van der Waals surface area contributed by atoms with Crippen LogP contribution in [0.4, 0.5) is 5.82 Å². The monoisotopic (exact) mass is 397 g/mol. The van der Waals surface area contributed by atoms with Crippen LogP contribution in [0.2, 0.25) is 5.02 Å². The highest BCUT2D eigenvalue weighted by molar-refractivity contribution is 6.32. The van der Waals surface area contributed by atoms with Gasteiger partial charge < -0.3 is 14.2 Å². The van der Waals surface area contributed by atoms with Crippen LogP contribution in [-0.4, -0.2) is 39.4 Å². The van der Waals surface area contributed by atoms with Crippen LogP contribution in [0.3, 0.4) is 0 Å². The fourth-order valence-corrected chi connectivity index (χ4v) is 3.81. The maximum absolute atomic E-state index is 12.1. The maximum atomic E-state index is 12.1. The van der Waals surface area contributed by atoms with Gasteiger partial charge in [0.2, 0.25) is 0 Å². The van der Waals surface area contributed by atoms with Crippen molar-refractivity contribution in [1.29, 1.82) is 0 Å². The Balaban J connectivity index is 1.71. The van der Waals surface area contributed by atoms with E-state index in [0.717, 1.165) is 40.7 Å². The van der Waals surface area contributed by atoms with Gasteiger partial charge in [-0.2, -0.15) is 0 Å². The molecule has 3 aromatic rings. The van der Waals surface area contributed by atoms with Crippen molar-refractivity contribution in [2.45, 2.75) is 26.9 Å². The molecular formula is C20H20ClN5O2. The van der Waals surface area contributed by atoms with Gasteiger partial charge in [-0.3, -0.25) is 0 Å². The van der Waals surface area contributed by atoms with Crippen LogP contribution in [0, 0.1) is 13.8 Å². The third-order valence-electron chi connectivity index (χ3n) is 5.01. The van der Waals surface area contributed by atoms with Crippen LogP contribution in [0.15, 0.2) is 30.5 Å². The number of aromatic nitrogens is 4. The van der Waals surface area contributed by atoms with Gasteiger partial charge in [0.1, 0.15) is 5.82 Å². The largest absolute Gasteiger partial charge is 0.465 e. The Bertz CT molecular complexity index is 1060. The number of methoxy groups -OCH3 is 1. The molecule has 0 bridgehead atoms. The van der Waals surface area contributed by atoms with Gasteiger partial charge in [0.15, 0.2) is 11.6 Å². The van der Waals surface area contributed by atoms with E-state index in [2.05, 4.69) is 24.6 Å². The number of rotatable bonds is 3. The number of pyridine rings is 1. The van der Waals surface area contributed by atoms with Crippen molar-refractivity contribution < 1.29 is 9.53 Å². The first-order valence-electron chi connectivity index (χ1n) is 8.97. The SMILES string of the molecule is COC(=O)c1cc(-c2nnc3n2CCN(c2ncccc2Cl)C3)c(C)cc1C. The molecule has 7 nitrogen and oxygen atoms in total. The number of carbonyl (C=O) groups is 1. The third kappa shape index (κ3) is 3.11. The van der Waals surface area contributed by atoms with Gasteiger partial charge in [-0.15, -0.1) is 10.2 Å². The molecule has 4 rings (SSSR count). The number of nitrogens with zero attached hydrogens (tertiary/aromatic N) is 5. The van der Waals surface area contributed by atoms with Crippen molar-refractivity contribution in [3.8, 4) is 11.4 Å². The predicted molar refractivity (Wildman–Crippen MR) is 107 cm³/mol. The van der Waals surface area contributed by atoms with Crippen molar-refractivity contribution in [3.63, 3.8) is 0 Å². The summed E-state index contributed by atoms with van der Waals surface area (Å²) in [6.07, 6.45) is 1.73. The summed E-state index contributed by atoms with van der Waals surface area (Å²) in [5.41, 5.74) is 3.34. The number of ether oxygens (including phenoxy) is 1. The Morgan fingerprint density at radius 3 is 2.75 bits per heavy atom. The van der Waals surface area contributed by atoms with E-state index in [4.69, 9.17) is 16.3 Å². The third-order valence-corrected chi connectivity index (χ3v) is 5.30. The van der Waals surface area contributed by atoms with E-state index in [-0.39, 0.29) is 5.97 Å². The predicted octanol–water partition coefficient (Wildman–Crippen LogP) is 3.42. The topological polar surface area (TPSA) is 73.1 Å². The van der Waals surface area contributed by atoms with Gasteiger partial charge in [0, 0.05) is 24.8 Å². The summed E-state index contributed by atoms with van der Waals surface area (Å²) < 4.78 is 7.00. The van der Waals surface area contributed by atoms with Crippen molar-refractivity contribution in [2.24, 2.45) is 0 Å². The molecule has 0 saturated carbocycles. The summed E-state index contributed by atoms with van der Waals surface area (Å²) in [7, 11) is 1.39. The summed E-state index contributed by atoms with van der Waals surface area (Å²) in [4.78, 5) is 18.6. The van der Waals surface area contributed by atoms with Crippen LogP contribution in [0.25, 0.3) is 11.4 Å². The summed E-state index contributed by atoms with van der Waals surface area (Å²) in [6.45, 7) is 5.91. The van der Waals surface area contributed by atoms with E-state index in [1.165, 1.54) is 7.11 Å². The van der Waals surface area contributed by atoms with Gasteiger partial charge >= 0.3 is 5.97 Å². The van der Waals surface area contributed by atoms with E-state index >= 15 is 0 Å². The molecule has 0 atom stereocenters. The van der Waals surface area contributed by atoms with E-state index in [9.17, 15) is 4.79 Å². The lowest BCUT2D eigenvalue weighted by molar-refractivity contribution is 0.0600. The van der Waals surface area contributed by atoms with Crippen LogP contribution < -0.4 is 4.90 Å². The molecule has 0 fully saturated rings. The number of anilines is 1. The molecule has 1 aliphatic heterocycles. The molecule has 0 N–H and O–H groups in total. The number of hydrogen-bond acceptors (Lipinski definition) is 6. The fourth-order valence-electron chi connectivity index (χ4n) is 3.57. The molecule has 28 heavy (non-hydrogen) atoms. The molecule has 0 spiro atoms. The van der Waals surface area contributed by atoms with Crippen LogP contribution in [-0.2, 0) is 17.8 Å². The van der Waals surface area contributed by atoms with Crippen LogP contribution >= 0.6 is 11.6 Å². The second kappa shape index (κ2) is 7.24. The Morgan fingerprint density at radius 2 is 2.00 bits per heavy atom. The second-order valence-corrected chi connectivity index (χ2v) is 7.20. The molecule has 0 aliphatic carbocycles. The molecule has 0 radical (unpaired) electrons. The highest BCUT2D eigenvalue weighted by Crippen LogP contribution is 2.30. The molecule has 0 unspecified atom stereocenters. The van der Waals surface area contributed by atoms with Crippen molar-refractivity contribution >= 4 is 23.4 Å². The minimum absolute atomic E-state index is 0.354. The zero-order valence-corrected chi connectivity index (χ0v) is 16.7. The molecule has 8 heteroatoms. The van der Waals surface area contributed by atoms with Crippen molar-refractivity contribution in [1.82, 2.24) is 19.7 Å². The van der Waals surface area contributed by atoms with E-state index in [0.29, 0.717) is 23.7 Å². The molecular weight excluding hydrogens is 378 g/mol. The molecule has 2 aromatic heterocycles. The standard InChI is InChI=1S/C20H20ClN5O2/c1-12-9-13(2)15(20(27)28-3)10-14(12)18-24-23-17-11-25(7-8-26(17)18)19-16(21)5-4-6-22-19/h4-6,9-10H,7-8,11H2,1-3H3. The lowest BCUT2D eigenvalue weighted by atomic mass is 9.99. The maximum Gasteiger partial charge on any atom is 0.338 e. The van der Waals surface area contributed by atoms with Crippen molar-refractivity contribution in [3.05, 3.63) is 58.0 Å². The minimum atomic E-state index is -0.354. The quantitative estimate of drug-likeness (QED) is 0.630. The summed E-state index contributed by atoms with van der Waals surface area (Å²) in [5.74, 6) is 1.99. The number of benzene rings is 1. The first-order valence-corrected chi connectivity index (χ1v) is 9.35. The van der Waals surface area contributed by atoms with Gasteiger partial charge in [-0.05, 0) is 43.2 Å². The molecule has 3 heterocycles. The molecule has 0 amide bonds. The van der Waals surface area contributed by atoms with Crippen LogP contribution in [0.5, 0.6) is 0 Å². The Morgan fingerprint density at radius 1 is 1.18 bits per heavy atom. The molecule has 1 aromatic carbocycles. The normalized spacial score (nSPS) is 13.4. The average Bonchev–Trinajstić information content (AvgIpc) is 3.11. The Labute approximate surface area is 167 Å². The van der Waals surface area contributed by atoms with E-state index < -0.39 is 0 Å². The molecule has 144 valence electrons. The molecule has 0 saturated heterocycles. The first kappa shape index (κ1) is 18.4. The molecule has 1 aliphatic rings. The lowest BCUT2D eigenvalue weighted by Gasteiger charge is -2.29. The zero-order valence-electron chi connectivity index (χ0n) is 15.9. The number of aryl methyl sites for hydroxylation is 2. The summed E-state index contributed by atoms with van der Waals surface area (Å²) in [5, 5.41) is 9.42. The smallest absolute Gasteiger partial charge is 0.338 e. The van der Waals surface area contributed by atoms with Gasteiger partial charge in [0.25, 0.3) is 0 Å².